The van der Waals surface area contributed by atoms with Gasteiger partial charge in [0, 0.05) is 25.8 Å². The largest absolute Gasteiger partial charge is 0.508 e. The van der Waals surface area contributed by atoms with Gasteiger partial charge in [-0.1, -0.05) is 36.4 Å². The summed E-state index contributed by atoms with van der Waals surface area (Å²) in [5.41, 5.74) is 14.3. The van der Waals surface area contributed by atoms with Crippen LogP contribution in [-0.2, 0) is 52.8 Å². The monoisotopic (exact) mass is 982 g/mol. The van der Waals surface area contributed by atoms with Crippen LogP contribution >= 0.6 is 0 Å². The van der Waals surface area contributed by atoms with Crippen LogP contribution in [0.15, 0.2) is 72.8 Å². The molecule has 0 heterocycles. The molecule has 3 aromatic carbocycles. The Morgan fingerprint density at radius 1 is 0.529 bits per heavy atom. The van der Waals surface area contributed by atoms with Gasteiger partial charge in [-0.15, -0.1) is 0 Å². The van der Waals surface area contributed by atoms with Gasteiger partial charge >= 0.3 is 0 Å². The highest BCUT2D eigenvalue weighted by Crippen LogP contribution is 2.16. The number of aliphatic hydroxyl groups excluding tert-OH is 3. The fourth-order valence-electron chi connectivity index (χ4n) is 6.70. The number of nitrogens with one attached hydrogen (secondary N) is 5. The van der Waals surface area contributed by atoms with Crippen LogP contribution in [0.25, 0.3) is 0 Å². The molecule has 0 saturated heterocycles. The summed E-state index contributed by atoms with van der Waals surface area (Å²) in [6.45, 7) is 2.21. The topological polar surface area (TPSA) is 353 Å². The molecular formula is C50H75N7O13. The van der Waals surface area contributed by atoms with Crippen molar-refractivity contribution in [1.82, 2.24) is 26.6 Å². The van der Waals surface area contributed by atoms with Gasteiger partial charge in [0.05, 0.1) is 56.5 Å². The minimum absolute atomic E-state index is 0.0371. The maximum Gasteiger partial charge on any atom is 0.240 e. The number of nitrogens with two attached hydrogens (primary N) is 2. The summed E-state index contributed by atoms with van der Waals surface area (Å²) >= 11 is 0. The lowest BCUT2D eigenvalue weighted by molar-refractivity contribution is -0.130. The van der Waals surface area contributed by atoms with Crippen molar-refractivity contribution >= 4 is 40.7 Å². The van der Waals surface area contributed by atoms with Crippen molar-refractivity contribution < 1.29 is 64.2 Å². The molecule has 70 heavy (non-hydrogen) atoms. The second-order valence-corrected chi connectivity index (χ2v) is 16.8. The number of ketones is 5. The van der Waals surface area contributed by atoms with E-state index in [1.54, 1.807) is 55.6 Å². The van der Waals surface area contributed by atoms with E-state index in [-0.39, 0.29) is 84.5 Å². The van der Waals surface area contributed by atoms with E-state index >= 15 is 0 Å². The van der Waals surface area contributed by atoms with Gasteiger partial charge in [0.1, 0.15) is 29.1 Å². The Kier molecular flexibility index (Phi) is 30.4. The maximum absolute atomic E-state index is 12.4. The summed E-state index contributed by atoms with van der Waals surface area (Å²) in [4.78, 5) is 83.2. The standard InChI is InChI=1S/C21H34N4O5.C15H21NO4.C14H20N2O4/c1-14(27)18(5-3-4-10-23-2)25-21(30)19(13-26)24-12-20(29)17(22)11-15-6-8-16(28)9-7-15;1-10(18)12(9-17)8-15(20)14(16-2)7-11-3-5-13(19)6-4-11;1-16-14(20)10(8-17)7-13(19)12(15)6-9-2-4-11(18)5-3-9/h6-9,17-19,23-24,26,28H,3-5,10-13,22H2,1-2H3,(H,25,30);3-6,12,14,16-17,19H,7-9H2,1-2H3;2-5,10,12,17-18H,6-8,15H2,1H3,(H,16,20)/t17-,18-,19-;12-,14-;10-,12-/m000/s1. The Bertz CT molecular complexity index is 2050. The number of carbonyl (C=O) groups excluding carboxylic acids is 7. The molecule has 20 nitrogen and oxygen atoms in total. The summed E-state index contributed by atoms with van der Waals surface area (Å²) < 4.78 is 0. The van der Waals surface area contributed by atoms with Crippen molar-refractivity contribution in [3.05, 3.63) is 89.5 Å². The Morgan fingerprint density at radius 2 is 0.986 bits per heavy atom. The van der Waals surface area contributed by atoms with Crippen LogP contribution in [0, 0.1) is 11.8 Å². The quantitative estimate of drug-likeness (QED) is 0.0375. The van der Waals surface area contributed by atoms with Gasteiger partial charge in [-0.25, -0.2) is 0 Å². The van der Waals surface area contributed by atoms with Crippen molar-refractivity contribution in [2.75, 3.05) is 54.1 Å². The van der Waals surface area contributed by atoms with Crippen molar-refractivity contribution in [2.24, 2.45) is 23.3 Å². The first-order valence-corrected chi connectivity index (χ1v) is 23.1. The van der Waals surface area contributed by atoms with Crippen LogP contribution in [0.1, 0.15) is 62.6 Å². The van der Waals surface area contributed by atoms with Crippen molar-refractivity contribution in [3.63, 3.8) is 0 Å². The van der Waals surface area contributed by atoms with Crippen LogP contribution in [0.4, 0.5) is 0 Å². The molecule has 0 radical (unpaired) electrons. The van der Waals surface area contributed by atoms with Gasteiger partial charge < -0.3 is 63.4 Å². The number of likely N-dealkylation sites (N-methyl/N-ethyl adjacent to an activating group) is 1. The highest BCUT2D eigenvalue weighted by molar-refractivity contribution is 5.92. The van der Waals surface area contributed by atoms with Crippen molar-refractivity contribution in [3.8, 4) is 17.2 Å². The third-order valence-electron chi connectivity index (χ3n) is 11.3. The number of Topliss-reactive ketones (excluding diaryl/α,β-unsaturated/α-hetero) is 5. The highest BCUT2D eigenvalue weighted by Gasteiger charge is 2.26. The van der Waals surface area contributed by atoms with Crippen LogP contribution in [0.3, 0.4) is 0 Å². The number of hydrogen-bond donors (Lipinski definition) is 13. The molecule has 0 saturated carbocycles. The maximum atomic E-state index is 12.4. The van der Waals surface area contributed by atoms with Gasteiger partial charge in [-0.2, -0.15) is 0 Å². The van der Waals surface area contributed by atoms with E-state index < -0.39 is 61.2 Å². The minimum atomic E-state index is -1.02. The Morgan fingerprint density at radius 3 is 1.39 bits per heavy atom. The molecule has 0 aliphatic rings. The zero-order valence-corrected chi connectivity index (χ0v) is 40.9. The number of phenolic OH excluding ortho intramolecular Hbond substituents is 3. The summed E-state index contributed by atoms with van der Waals surface area (Å²) in [5.74, 6) is -2.88. The summed E-state index contributed by atoms with van der Waals surface area (Å²) in [6.07, 6.45) is 3.20. The Labute approximate surface area is 410 Å². The highest BCUT2D eigenvalue weighted by atomic mass is 16.3. The van der Waals surface area contributed by atoms with Crippen LogP contribution in [0.2, 0.25) is 0 Å². The van der Waals surface area contributed by atoms with Gasteiger partial charge in [-0.05, 0) is 126 Å². The molecule has 0 fully saturated rings. The summed E-state index contributed by atoms with van der Waals surface area (Å²) in [6, 6.07) is 15.9. The number of unbranched alkanes of at least 4 members (excludes halogenated alkanes) is 1. The van der Waals surface area contributed by atoms with Crippen LogP contribution in [0.5, 0.6) is 17.2 Å². The fraction of sp³-hybridized carbons (Fsp3) is 0.500. The van der Waals surface area contributed by atoms with E-state index in [4.69, 9.17) is 26.8 Å². The molecule has 0 bridgehead atoms. The molecular weight excluding hydrogens is 907 g/mol. The lowest BCUT2D eigenvalue weighted by atomic mass is 9.93. The molecule has 388 valence electrons. The number of aromatic hydroxyl groups is 3. The first kappa shape index (κ1) is 62.0. The molecule has 2 amide bonds. The van der Waals surface area contributed by atoms with Gasteiger partial charge in [0.2, 0.25) is 11.8 Å². The smallest absolute Gasteiger partial charge is 0.240 e. The molecule has 0 aromatic heterocycles. The molecule has 15 N–H and O–H groups in total. The number of amides is 2. The van der Waals surface area contributed by atoms with Crippen LogP contribution in [-0.4, -0.2) is 156 Å². The van der Waals surface area contributed by atoms with Crippen LogP contribution < -0.4 is 38.1 Å². The lowest BCUT2D eigenvalue weighted by Crippen LogP contribution is -2.53. The van der Waals surface area contributed by atoms with Crippen molar-refractivity contribution in [1.29, 1.82) is 0 Å². The van der Waals surface area contributed by atoms with E-state index in [1.165, 1.54) is 45.2 Å². The number of hydrogen-bond acceptors (Lipinski definition) is 18. The van der Waals surface area contributed by atoms with E-state index in [2.05, 4.69) is 26.6 Å². The third-order valence-corrected chi connectivity index (χ3v) is 11.3. The second kappa shape index (κ2) is 34.3. The predicted octanol–water partition coefficient (Wildman–Crippen LogP) is -0.500. The zero-order chi connectivity index (χ0) is 52.8. The van der Waals surface area contributed by atoms with Gasteiger partial charge in [0.25, 0.3) is 0 Å². The first-order valence-electron chi connectivity index (χ1n) is 23.1. The molecule has 0 spiro atoms. The van der Waals surface area contributed by atoms with Gasteiger partial charge in [0.15, 0.2) is 23.1 Å². The molecule has 3 rings (SSSR count). The third kappa shape index (κ3) is 24.5. The zero-order valence-electron chi connectivity index (χ0n) is 40.9. The molecule has 7 atom stereocenters. The number of phenols is 3. The molecule has 0 aliphatic carbocycles. The summed E-state index contributed by atoms with van der Waals surface area (Å²) in [5, 5.41) is 69.1. The van der Waals surface area contributed by atoms with E-state index in [1.807, 2.05) is 7.05 Å². The first-order chi connectivity index (χ1) is 33.2. The average Bonchev–Trinajstić information content (AvgIpc) is 3.34. The SMILES string of the molecule is CNC(=O)[C@H](CO)CC(=O)[C@@H](N)Cc1ccc(O)cc1.CNCCCC[C@H](NC(=O)[C@H](CO)NCC(=O)[C@@H](N)Cc1ccc(O)cc1)C(C)=O.CN[C@@H](Cc1ccc(O)cc1)C(=O)C[C@@H](CO)C(C)=O. The lowest BCUT2D eigenvalue weighted by Gasteiger charge is -2.21. The molecule has 3 aromatic rings. The number of carbonyl (C=O) groups is 7. The minimum Gasteiger partial charge on any atom is -0.508 e. The second-order valence-electron chi connectivity index (χ2n) is 16.8. The van der Waals surface area contributed by atoms with E-state index in [0.29, 0.717) is 19.3 Å². The number of benzene rings is 3. The van der Waals surface area contributed by atoms with Gasteiger partial charge in [-0.3, -0.25) is 38.9 Å². The van der Waals surface area contributed by atoms with E-state index in [9.17, 15) is 48.9 Å². The van der Waals surface area contributed by atoms with Crippen molar-refractivity contribution in [2.45, 2.75) is 95.4 Å². The Balaban J connectivity index is 0.000000542. The fourth-order valence-corrected chi connectivity index (χ4v) is 6.70. The number of aliphatic hydroxyl groups is 3. The summed E-state index contributed by atoms with van der Waals surface area (Å²) in [7, 11) is 4.98. The molecule has 0 unspecified atom stereocenters. The molecule has 0 aliphatic heterocycles. The average molecular weight is 982 g/mol. The number of rotatable bonds is 30. The van der Waals surface area contributed by atoms with E-state index in [0.717, 1.165) is 36.1 Å². The Hall–Kier alpha value is -5.97. The molecule has 20 heteroatoms. The predicted molar refractivity (Wildman–Crippen MR) is 264 cm³/mol. The normalized spacial score (nSPS) is 13.8.